The van der Waals surface area contributed by atoms with Gasteiger partial charge in [-0.3, -0.25) is 10.5 Å². The van der Waals surface area contributed by atoms with Gasteiger partial charge in [0.2, 0.25) is 0 Å². The number of nitrogens with one attached hydrogen (secondary N) is 1. The molecule has 1 unspecified atom stereocenters. The number of aryl methyl sites for hydroxylation is 1. The first-order valence-electron chi connectivity index (χ1n) is 4.45. The van der Waals surface area contributed by atoms with Crippen LogP contribution in [0.1, 0.15) is 24.9 Å². The van der Waals surface area contributed by atoms with Crippen molar-refractivity contribution in [3.8, 4) is 0 Å². The molecule has 0 aliphatic heterocycles. The highest BCUT2D eigenvalue weighted by molar-refractivity contribution is 5.10. The lowest BCUT2D eigenvalue weighted by Crippen LogP contribution is -2.32. The number of rotatable bonds is 5. The van der Waals surface area contributed by atoms with Gasteiger partial charge in [-0.1, -0.05) is 6.92 Å². The second kappa shape index (κ2) is 5.02. The molecule has 0 saturated heterocycles. The first-order valence-corrected chi connectivity index (χ1v) is 4.45. The molecule has 80 valence electrons. The van der Waals surface area contributed by atoms with Crippen LogP contribution < -0.4 is 11.3 Å². The molecule has 0 radical (unpaired) electrons. The molecule has 6 heteroatoms. The summed E-state index contributed by atoms with van der Waals surface area (Å²) in [5.41, 5.74) is 2.48. The van der Waals surface area contributed by atoms with E-state index in [0.29, 0.717) is 5.56 Å². The third-order valence-corrected chi connectivity index (χ3v) is 1.90. The van der Waals surface area contributed by atoms with Crippen LogP contribution >= 0.6 is 0 Å². The molecule has 1 atom stereocenters. The quantitative estimate of drug-likeness (QED) is 0.557. The number of halogens is 2. The van der Waals surface area contributed by atoms with Crippen LogP contribution in [0.15, 0.2) is 12.4 Å². The maximum atomic E-state index is 12.4. The Morgan fingerprint density at radius 1 is 1.64 bits per heavy atom. The molecule has 0 aliphatic rings. The van der Waals surface area contributed by atoms with Gasteiger partial charge >= 0.3 is 0 Å². The summed E-state index contributed by atoms with van der Waals surface area (Å²) in [7, 11) is 0. The smallest absolute Gasteiger partial charge is 0.259 e. The minimum absolute atomic E-state index is 0.413. The lowest BCUT2D eigenvalue weighted by atomic mass is 10.2. The summed E-state index contributed by atoms with van der Waals surface area (Å²) in [6, 6.07) is -1.14. The van der Waals surface area contributed by atoms with E-state index in [-0.39, 0.29) is 0 Å². The van der Waals surface area contributed by atoms with Crippen LogP contribution in [0, 0.1) is 0 Å². The van der Waals surface area contributed by atoms with E-state index in [4.69, 9.17) is 5.84 Å². The fourth-order valence-corrected chi connectivity index (χ4v) is 1.21. The highest BCUT2D eigenvalue weighted by Crippen LogP contribution is 2.18. The van der Waals surface area contributed by atoms with Crippen LogP contribution in [0.2, 0.25) is 0 Å². The summed E-state index contributed by atoms with van der Waals surface area (Å²) in [5, 5.41) is 3.94. The van der Waals surface area contributed by atoms with E-state index in [2.05, 4.69) is 10.5 Å². The average Bonchev–Trinajstić information content (AvgIpc) is 2.54. The molecule has 1 rings (SSSR count). The van der Waals surface area contributed by atoms with Gasteiger partial charge in [0.25, 0.3) is 6.43 Å². The molecule has 0 spiro atoms. The Balaban J connectivity index is 2.73. The maximum absolute atomic E-state index is 12.4. The topological polar surface area (TPSA) is 55.9 Å². The second-order valence-electron chi connectivity index (χ2n) is 3.02. The molecule has 0 amide bonds. The van der Waals surface area contributed by atoms with Gasteiger partial charge in [-0.05, 0) is 6.42 Å². The number of alkyl halides is 2. The summed E-state index contributed by atoms with van der Waals surface area (Å²) < 4.78 is 26.4. The Morgan fingerprint density at radius 2 is 2.36 bits per heavy atom. The molecule has 0 fully saturated rings. The molecular formula is C8H14F2N4. The largest absolute Gasteiger partial charge is 0.272 e. The summed E-state index contributed by atoms with van der Waals surface area (Å²) in [6.07, 6.45) is 1.38. The zero-order chi connectivity index (χ0) is 10.6. The van der Waals surface area contributed by atoms with Crippen molar-refractivity contribution in [3.05, 3.63) is 18.0 Å². The highest BCUT2D eigenvalue weighted by atomic mass is 19.3. The van der Waals surface area contributed by atoms with E-state index in [0.717, 1.165) is 13.0 Å². The molecule has 0 saturated carbocycles. The molecule has 0 aliphatic carbocycles. The molecule has 0 bridgehead atoms. The van der Waals surface area contributed by atoms with Gasteiger partial charge in [-0.15, -0.1) is 0 Å². The van der Waals surface area contributed by atoms with E-state index in [1.807, 2.05) is 6.92 Å². The van der Waals surface area contributed by atoms with Crippen LogP contribution in [0.4, 0.5) is 8.78 Å². The van der Waals surface area contributed by atoms with Crippen molar-refractivity contribution >= 4 is 0 Å². The van der Waals surface area contributed by atoms with E-state index in [1.54, 1.807) is 10.9 Å². The fourth-order valence-electron chi connectivity index (χ4n) is 1.21. The van der Waals surface area contributed by atoms with Gasteiger partial charge in [0.15, 0.2) is 0 Å². The van der Waals surface area contributed by atoms with Crippen molar-refractivity contribution < 1.29 is 8.78 Å². The number of hydrogen-bond donors (Lipinski definition) is 2. The van der Waals surface area contributed by atoms with Crippen molar-refractivity contribution in [1.29, 1.82) is 0 Å². The highest BCUT2D eigenvalue weighted by Gasteiger charge is 2.22. The van der Waals surface area contributed by atoms with Crippen LogP contribution in [0.3, 0.4) is 0 Å². The third kappa shape index (κ3) is 2.49. The Hall–Kier alpha value is -1.01. The van der Waals surface area contributed by atoms with Gasteiger partial charge in [0.1, 0.15) is 6.04 Å². The molecule has 0 aromatic carbocycles. The number of nitrogens with two attached hydrogens (primary N) is 1. The van der Waals surface area contributed by atoms with Gasteiger partial charge < -0.3 is 0 Å². The standard InChI is InChI=1S/C8H14F2N4/c1-2-3-14-5-6(4-12-14)7(13-11)8(9)10/h4-5,7-8,13H,2-3,11H2,1H3. The number of nitrogens with zero attached hydrogens (tertiary/aromatic N) is 2. The van der Waals surface area contributed by atoms with Crippen LogP contribution in [0.5, 0.6) is 0 Å². The Bertz CT molecular complexity index is 274. The van der Waals surface area contributed by atoms with Crippen molar-refractivity contribution in [3.63, 3.8) is 0 Å². The molecule has 1 heterocycles. The predicted octanol–water partition coefficient (Wildman–Crippen LogP) is 1.06. The maximum Gasteiger partial charge on any atom is 0.259 e. The zero-order valence-corrected chi connectivity index (χ0v) is 7.95. The molecular weight excluding hydrogens is 190 g/mol. The SMILES string of the molecule is CCCn1cc(C(NN)C(F)F)cn1. The van der Waals surface area contributed by atoms with Crippen LogP contribution in [-0.4, -0.2) is 16.2 Å². The van der Waals surface area contributed by atoms with Crippen molar-refractivity contribution in [2.24, 2.45) is 5.84 Å². The van der Waals surface area contributed by atoms with Crippen LogP contribution in [-0.2, 0) is 6.54 Å². The van der Waals surface area contributed by atoms with Gasteiger partial charge in [0, 0.05) is 18.3 Å². The Labute approximate surface area is 81.1 Å². The lowest BCUT2D eigenvalue weighted by Gasteiger charge is -2.11. The number of aromatic nitrogens is 2. The van der Waals surface area contributed by atoms with Crippen LogP contribution in [0.25, 0.3) is 0 Å². The predicted molar refractivity (Wildman–Crippen MR) is 48.6 cm³/mol. The first-order chi connectivity index (χ1) is 6.69. The van der Waals surface area contributed by atoms with Gasteiger partial charge in [0.05, 0.1) is 6.20 Å². The summed E-state index contributed by atoms with van der Waals surface area (Å²) in [6.45, 7) is 2.72. The zero-order valence-electron chi connectivity index (χ0n) is 7.95. The summed E-state index contributed by atoms with van der Waals surface area (Å²) >= 11 is 0. The number of hydrazine groups is 1. The van der Waals surface area contributed by atoms with E-state index in [9.17, 15) is 8.78 Å². The minimum atomic E-state index is -2.53. The Morgan fingerprint density at radius 3 is 2.86 bits per heavy atom. The summed E-state index contributed by atoms with van der Waals surface area (Å²) in [4.78, 5) is 0. The minimum Gasteiger partial charge on any atom is -0.272 e. The van der Waals surface area contributed by atoms with E-state index in [1.165, 1.54) is 6.20 Å². The molecule has 1 aromatic heterocycles. The monoisotopic (exact) mass is 204 g/mol. The molecule has 3 N–H and O–H groups in total. The second-order valence-corrected chi connectivity index (χ2v) is 3.02. The lowest BCUT2D eigenvalue weighted by molar-refractivity contribution is 0.0986. The van der Waals surface area contributed by atoms with Crippen molar-refractivity contribution in [2.75, 3.05) is 0 Å². The van der Waals surface area contributed by atoms with Crippen molar-refractivity contribution in [1.82, 2.24) is 15.2 Å². The average molecular weight is 204 g/mol. The van der Waals surface area contributed by atoms with E-state index >= 15 is 0 Å². The van der Waals surface area contributed by atoms with Gasteiger partial charge in [-0.25, -0.2) is 14.2 Å². The third-order valence-electron chi connectivity index (χ3n) is 1.90. The summed E-state index contributed by atoms with van der Waals surface area (Å²) in [5.74, 6) is 5.02. The van der Waals surface area contributed by atoms with Crippen molar-refractivity contribution in [2.45, 2.75) is 32.4 Å². The normalized spacial score (nSPS) is 13.5. The van der Waals surface area contributed by atoms with Gasteiger partial charge in [-0.2, -0.15) is 5.10 Å². The molecule has 4 nitrogen and oxygen atoms in total. The fraction of sp³-hybridized carbons (Fsp3) is 0.625. The Kier molecular flexibility index (Phi) is 3.97. The van der Waals surface area contributed by atoms with E-state index < -0.39 is 12.5 Å². The molecule has 1 aromatic rings. The molecule has 14 heavy (non-hydrogen) atoms. The first kappa shape index (κ1) is 11.1. The number of hydrogen-bond acceptors (Lipinski definition) is 3.